The molecule has 0 saturated heterocycles. The molecule has 3 heterocycles. The van der Waals surface area contributed by atoms with Crippen molar-refractivity contribution in [3.05, 3.63) is 48.7 Å². The Hall–Kier alpha value is -3.13. The van der Waals surface area contributed by atoms with Crippen LogP contribution in [0.5, 0.6) is 0 Å². The number of benzene rings is 1. The van der Waals surface area contributed by atoms with E-state index in [1.54, 1.807) is 6.20 Å². The summed E-state index contributed by atoms with van der Waals surface area (Å²) < 4.78 is 5.91. The van der Waals surface area contributed by atoms with E-state index >= 15 is 0 Å². The van der Waals surface area contributed by atoms with Gasteiger partial charge in [0.1, 0.15) is 11.6 Å². The van der Waals surface area contributed by atoms with Crippen LogP contribution in [0.3, 0.4) is 0 Å². The number of nitrogens with one attached hydrogen (secondary N) is 2. The fourth-order valence-corrected chi connectivity index (χ4v) is 2.96. The molecule has 4 N–H and O–H groups in total. The Labute approximate surface area is 147 Å². The Balaban J connectivity index is 1.60. The summed E-state index contributed by atoms with van der Waals surface area (Å²) in [4.78, 5) is 8.67. The van der Waals surface area contributed by atoms with Gasteiger partial charge in [0.25, 0.3) is 0 Å². The molecule has 1 aromatic carbocycles. The highest BCUT2D eigenvalue weighted by molar-refractivity contribution is 7.99. The number of H-pyrrole nitrogens is 1. The quantitative estimate of drug-likeness (QED) is 0.289. The van der Waals surface area contributed by atoms with Crippen LogP contribution >= 0.6 is 11.8 Å². The van der Waals surface area contributed by atoms with E-state index < -0.39 is 0 Å². The molecule has 0 radical (unpaired) electrons. The van der Waals surface area contributed by atoms with Crippen LogP contribution in [0.2, 0.25) is 0 Å². The molecular weight excluding hydrogens is 336 g/mol. The molecule has 124 valence electrons. The van der Waals surface area contributed by atoms with Crippen molar-refractivity contribution in [2.24, 2.45) is 5.73 Å². The van der Waals surface area contributed by atoms with Crippen molar-refractivity contribution in [3.8, 4) is 22.9 Å². The number of nitrogens with zero attached hydrogens (tertiary/aromatic N) is 3. The number of hydrogen-bond donors (Lipinski definition) is 3. The van der Waals surface area contributed by atoms with E-state index in [1.807, 2.05) is 42.5 Å². The van der Waals surface area contributed by atoms with Crippen LogP contribution in [0.15, 0.2) is 58.2 Å². The molecule has 0 unspecified atom stereocenters. The Morgan fingerprint density at radius 1 is 1.20 bits per heavy atom. The van der Waals surface area contributed by atoms with Crippen molar-refractivity contribution >= 4 is 28.5 Å². The third-order valence-corrected chi connectivity index (χ3v) is 4.44. The summed E-state index contributed by atoms with van der Waals surface area (Å²) in [5.74, 6) is 2.33. The summed E-state index contributed by atoms with van der Waals surface area (Å²) in [5, 5.41) is 15.8. The van der Waals surface area contributed by atoms with E-state index in [2.05, 4.69) is 20.2 Å². The zero-order valence-electron chi connectivity index (χ0n) is 13.1. The average Bonchev–Trinajstić information content (AvgIpc) is 3.29. The van der Waals surface area contributed by atoms with Gasteiger partial charge in [0.15, 0.2) is 11.6 Å². The normalized spacial score (nSPS) is 11.0. The molecule has 0 aliphatic heterocycles. The zero-order valence-corrected chi connectivity index (χ0v) is 13.9. The minimum absolute atomic E-state index is 0.0856. The van der Waals surface area contributed by atoms with Crippen molar-refractivity contribution in [1.82, 2.24) is 20.2 Å². The number of fused-ring (bicyclic) bond motifs is 1. The lowest BCUT2D eigenvalue weighted by Crippen LogP contribution is -2.12. The molecule has 0 amide bonds. The molecular formula is C17H14N6OS. The van der Waals surface area contributed by atoms with Crippen LogP contribution < -0.4 is 5.73 Å². The highest BCUT2D eigenvalue weighted by atomic mass is 32.2. The van der Waals surface area contributed by atoms with Crippen molar-refractivity contribution in [2.45, 2.75) is 5.16 Å². The molecule has 25 heavy (non-hydrogen) atoms. The highest BCUT2D eigenvalue weighted by Crippen LogP contribution is 2.29. The summed E-state index contributed by atoms with van der Waals surface area (Å²) in [6.45, 7) is 0. The van der Waals surface area contributed by atoms with Gasteiger partial charge in [-0.3, -0.25) is 15.5 Å². The number of hydrogen-bond acceptors (Lipinski definition) is 6. The van der Waals surface area contributed by atoms with Crippen LogP contribution in [0, 0.1) is 5.41 Å². The van der Waals surface area contributed by atoms with Gasteiger partial charge in [-0.15, -0.1) is 5.10 Å². The molecule has 0 saturated carbocycles. The number of aromatic nitrogens is 4. The largest absolute Gasteiger partial charge is 0.453 e. The van der Waals surface area contributed by atoms with E-state index in [9.17, 15) is 0 Å². The topological polar surface area (TPSA) is 117 Å². The molecule has 0 spiro atoms. The van der Waals surface area contributed by atoms with Crippen LogP contribution in [0.1, 0.15) is 0 Å². The second-order valence-corrected chi connectivity index (χ2v) is 6.30. The van der Waals surface area contributed by atoms with Crippen LogP contribution in [0.4, 0.5) is 0 Å². The second kappa shape index (κ2) is 6.40. The third kappa shape index (κ3) is 3.24. The summed E-state index contributed by atoms with van der Waals surface area (Å²) >= 11 is 1.30. The third-order valence-electron chi connectivity index (χ3n) is 3.55. The number of thioether (sulfide) groups is 1. The first-order valence-corrected chi connectivity index (χ1v) is 8.51. The number of nitrogens with two attached hydrogens (primary N) is 1. The Morgan fingerprint density at radius 3 is 2.96 bits per heavy atom. The van der Waals surface area contributed by atoms with Gasteiger partial charge in [0.2, 0.25) is 5.16 Å². The molecule has 0 aliphatic carbocycles. The molecule has 4 rings (SSSR count). The van der Waals surface area contributed by atoms with Gasteiger partial charge in [0.05, 0.1) is 11.3 Å². The summed E-state index contributed by atoms with van der Waals surface area (Å²) in [7, 11) is 0. The molecule has 7 nitrogen and oxygen atoms in total. The van der Waals surface area contributed by atoms with Crippen molar-refractivity contribution in [3.63, 3.8) is 0 Å². The lowest BCUT2D eigenvalue weighted by Gasteiger charge is -2.00. The van der Waals surface area contributed by atoms with Gasteiger partial charge in [-0.1, -0.05) is 17.8 Å². The fourth-order valence-electron chi connectivity index (χ4n) is 2.41. The molecule has 0 bridgehead atoms. The number of aromatic amines is 1. The first kappa shape index (κ1) is 15.4. The number of furan rings is 1. The van der Waals surface area contributed by atoms with Gasteiger partial charge >= 0.3 is 0 Å². The zero-order chi connectivity index (χ0) is 17.2. The lowest BCUT2D eigenvalue weighted by molar-refractivity contribution is 0.592. The Morgan fingerprint density at radius 2 is 2.08 bits per heavy atom. The van der Waals surface area contributed by atoms with Crippen LogP contribution in [-0.4, -0.2) is 31.8 Å². The summed E-state index contributed by atoms with van der Waals surface area (Å²) in [6, 6.07) is 13.7. The minimum Gasteiger partial charge on any atom is -0.453 e. The van der Waals surface area contributed by atoms with Crippen LogP contribution in [-0.2, 0) is 0 Å². The van der Waals surface area contributed by atoms with Crippen molar-refractivity contribution < 1.29 is 4.42 Å². The van der Waals surface area contributed by atoms with Crippen LogP contribution in [0.25, 0.3) is 33.8 Å². The Bertz CT molecular complexity index is 1050. The predicted octanol–water partition coefficient (Wildman–Crippen LogP) is 3.31. The maximum atomic E-state index is 7.24. The molecule has 3 aromatic heterocycles. The standard InChI is InChI=1S/C17H14N6OS/c18-15(19)9-25-17-21-16(22-23-17)14-6-5-13(24-14)11-3-4-12-10(8-11)2-1-7-20-12/h1-8H,9H2,(H3,18,19)(H,21,22,23). The van der Waals surface area contributed by atoms with E-state index in [-0.39, 0.29) is 5.84 Å². The van der Waals surface area contributed by atoms with Crippen molar-refractivity contribution in [1.29, 1.82) is 5.41 Å². The Kier molecular flexibility index (Phi) is 3.95. The van der Waals surface area contributed by atoms with E-state index in [1.165, 1.54) is 11.8 Å². The van der Waals surface area contributed by atoms with E-state index in [0.717, 1.165) is 22.2 Å². The summed E-state index contributed by atoms with van der Waals surface area (Å²) in [6.07, 6.45) is 1.78. The first-order chi connectivity index (χ1) is 12.2. The molecule has 0 atom stereocenters. The second-order valence-electron chi connectivity index (χ2n) is 5.36. The predicted molar refractivity (Wildman–Crippen MR) is 97.5 cm³/mol. The van der Waals surface area contributed by atoms with E-state index in [0.29, 0.717) is 22.5 Å². The average molecular weight is 350 g/mol. The monoisotopic (exact) mass is 350 g/mol. The fraction of sp³-hybridized carbons (Fsp3) is 0.0588. The van der Waals surface area contributed by atoms with Gasteiger partial charge < -0.3 is 10.2 Å². The molecule has 4 aromatic rings. The maximum absolute atomic E-state index is 7.24. The molecule has 0 aliphatic rings. The van der Waals surface area contributed by atoms with Crippen molar-refractivity contribution in [2.75, 3.05) is 5.75 Å². The maximum Gasteiger partial charge on any atom is 0.209 e. The minimum atomic E-state index is 0.0856. The van der Waals surface area contributed by atoms with Gasteiger partial charge in [-0.2, -0.15) is 4.98 Å². The lowest BCUT2D eigenvalue weighted by atomic mass is 10.1. The highest BCUT2D eigenvalue weighted by Gasteiger charge is 2.12. The van der Waals surface area contributed by atoms with E-state index in [4.69, 9.17) is 15.6 Å². The summed E-state index contributed by atoms with van der Waals surface area (Å²) in [5.41, 5.74) is 7.25. The SMILES string of the molecule is N=C(N)CSc1n[nH]c(-c2ccc(-c3ccc4ncccc4c3)o2)n1. The van der Waals surface area contributed by atoms with Gasteiger partial charge in [0, 0.05) is 17.1 Å². The van der Waals surface area contributed by atoms with Gasteiger partial charge in [-0.05, 0) is 36.4 Å². The van der Waals surface area contributed by atoms with Gasteiger partial charge in [-0.25, -0.2) is 0 Å². The number of pyridine rings is 1. The smallest absolute Gasteiger partial charge is 0.209 e. The first-order valence-electron chi connectivity index (χ1n) is 7.52. The number of rotatable bonds is 5. The molecule has 8 heteroatoms. The number of amidine groups is 1. The molecule has 0 fully saturated rings.